The van der Waals surface area contributed by atoms with E-state index in [1.54, 1.807) is 48.5 Å². The monoisotopic (exact) mass is 386 g/mol. The highest BCUT2D eigenvalue weighted by molar-refractivity contribution is 6.02. The molecule has 1 atom stereocenters. The third-order valence-corrected chi connectivity index (χ3v) is 4.48. The van der Waals surface area contributed by atoms with Gasteiger partial charge in [-0.25, -0.2) is 0 Å². The lowest BCUT2D eigenvalue weighted by Gasteiger charge is -2.19. The van der Waals surface area contributed by atoms with Crippen LogP contribution in [0.2, 0.25) is 0 Å². The number of hydrogen-bond donors (Lipinski definition) is 2. The fraction of sp³-hybridized carbons (Fsp3) is 0.125. The molecular weight excluding hydrogens is 364 g/mol. The SMILES string of the molecule is CC(=O)c1cccc(NC(=O)C(Cc2ccccc2)NC(=O)c2ccccc2)c1. The van der Waals surface area contributed by atoms with Gasteiger partial charge in [-0.3, -0.25) is 14.4 Å². The second kappa shape index (κ2) is 9.46. The van der Waals surface area contributed by atoms with Crippen molar-refractivity contribution in [2.75, 3.05) is 5.32 Å². The minimum Gasteiger partial charge on any atom is -0.340 e. The number of rotatable bonds is 7. The molecule has 5 heteroatoms. The number of benzene rings is 3. The summed E-state index contributed by atoms with van der Waals surface area (Å²) in [6.45, 7) is 1.47. The molecule has 0 fully saturated rings. The molecule has 0 aliphatic heterocycles. The number of nitrogens with one attached hydrogen (secondary N) is 2. The highest BCUT2D eigenvalue weighted by Crippen LogP contribution is 2.13. The van der Waals surface area contributed by atoms with Gasteiger partial charge in [0.05, 0.1) is 0 Å². The van der Waals surface area contributed by atoms with Gasteiger partial charge in [-0.1, -0.05) is 60.7 Å². The fourth-order valence-corrected chi connectivity index (χ4v) is 2.94. The van der Waals surface area contributed by atoms with Gasteiger partial charge < -0.3 is 10.6 Å². The average molecular weight is 386 g/mol. The first-order valence-corrected chi connectivity index (χ1v) is 9.34. The summed E-state index contributed by atoms with van der Waals surface area (Å²) in [6.07, 6.45) is 0.345. The Hall–Kier alpha value is -3.73. The molecule has 0 bridgehead atoms. The van der Waals surface area contributed by atoms with Crippen LogP contribution in [-0.2, 0) is 11.2 Å². The predicted molar refractivity (Wildman–Crippen MR) is 113 cm³/mol. The van der Waals surface area contributed by atoms with Crippen molar-refractivity contribution >= 4 is 23.3 Å². The molecule has 0 saturated carbocycles. The molecule has 0 heterocycles. The Labute approximate surface area is 169 Å². The van der Waals surface area contributed by atoms with E-state index in [0.717, 1.165) is 5.56 Å². The van der Waals surface area contributed by atoms with E-state index < -0.39 is 6.04 Å². The lowest BCUT2D eigenvalue weighted by molar-refractivity contribution is -0.118. The Morgan fingerprint density at radius 1 is 0.793 bits per heavy atom. The van der Waals surface area contributed by atoms with E-state index in [1.165, 1.54) is 6.92 Å². The van der Waals surface area contributed by atoms with Crippen molar-refractivity contribution in [2.45, 2.75) is 19.4 Å². The second-order valence-corrected chi connectivity index (χ2v) is 6.71. The molecule has 0 radical (unpaired) electrons. The highest BCUT2D eigenvalue weighted by Gasteiger charge is 2.22. The summed E-state index contributed by atoms with van der Waals surface area (Å²) in [5.74, 6) is -0.752. The molecule has 3 aromatic carbocycles. The lowest BCUT2D eigenvalue weighted by Crippen LogP contribution is -2.45. The Bertz CT molecular complexity index is 1000. The van der Waals surface area contributed by atoms with Gasteiger partial charge in [-0.15, -0.1) is 0 Å². The molecule has 1 unspecified atom stereocenters. The fourth-order valence-electron chi connectivity index (χ4n) is 2.94. The molecule has 0 aliphatic rings. The minimum absolute atomic E-state index is 0.0840. The summed E-state index contributed by atoms with van der Waals surface area (Å²) < 4.78 is 0. The van der Waals surface area contributed by atoms with Gasteiger partial charge >= 0.3 is 0 Å². The van der Waals surface area contributed by atoms with Crippen LogP contribution >= 0.6 is 0 Å². The third kappa shape index (κ3) is 5.62. The van der Waals surface area contributed by atoms with Crippen molar-refractivity contribution in [3.8, 4) is 0 Å². The van der Waals surface area contributed by atoms with Crippen LogP contribution in [0.15, 0.2) is 84.9 Å². The Kier molecular flexibility index (Phi) is 6.53. The van der Waals surface area contributed by atoms with Crippen molar-refractivity contribution in [3.05, 3.63) is 102 Å². The molecule has 2 amide bonds. The number of ketones is 1. The highest BCUT2D eigenvalue weighted by atomic mass is 16.2. The van der Waals surface area contributed by atoms with Crippen molar-refractivity contribution < 1.29 is 14.4 Å². The number of amides is 2. The maximum atomic E-state index is 13.0. The summed E-state index contributed by atoms with van der Waals surface area (Å²) in [5.41, 5.74) is 2.43. The van der Waals surface area contributed by atoms with Gasteiger partial charge in [0.1, 0.15) is 6.04 Å². The van der Waals surface area contributed by atoms with Crippen LogP contribution in [0.3, 0.4) is 0 Å². The normalized spacial score (nSPS) is 11.3. The lowest BCUT2D eigenvalue weighted by atomic mass is 10.0. The van der Waals surface area contributed by atoms with Crippen LogP contribution in [0, 0.1) is 0 Å². The first kappa shape index (κ1) is 20.0. The van der Waals surface area contributed by atoms with Crippen LogP contribution in [0.5, 0.6) is 0 Å². The summed E-state index contributed by atoms with van der Waals surface area (Å²) in [7, 11) is 0. The second-order valence-electron chi connectivity index (χ2n) is 6.71. The number of hydrogen-bond acceptors (Lipinski definition) is 3. The van der Waals surface area contributed by atoms with E-state index in [0.29, 0.717) is 23.2 Å². The van der Waals surface area contributed by atoms with Crippen molar-refractivity contribution in [1.29, 1.82) is 0 Å². The van der Waals surface area contributed by atoms with Crippen LogP contribution in [0.1, 0.15) is 33.2 Å². The smallest absolute Gasteiger partial charge is 0.251 e. The molecule has 0 spiro atoms. The number of carbonyl (C=O) groups is 3. The standard InChI is InChI=1S/C24H22N2O3/c1-17(27)20-13-8-14-21(16-20)25-24(29)22(15-18-9-4-2-5-10-18)26-23(28)19-11-6-3-7-12-19/h2-14,16,22H,15H2,1H3,(H,25,29)(H,26,28). The Morgan fingerprint density at radius 3 is 2.07 bits per heavy atom. The number of anilines is 1. The van der Waals surface area contributed by atoms with Crippen molar-refractivity contribution in [2.24, 2.45) is 0 Å². The maximum Gasteiger partial charge on any atom is 0.251 e. The van der Waals surface area contributed by atoms with Crippen LogP contribution in [0.4, 0.5) is 5.69 Å². The van der Waals surface area contributed by atoms with E-state index in [9.17, 15) is 14.4 Å². The van der Waals surface area contributed by atoms with Gasteiger partial charge in [-0.2, -0.15) is 0 Å². The maximum absolute atomic E-state index is 13.0. The molecular formula is C24H22N2O3. The largest absolute Gasteiger partial charge is 0.340 e. The predicted octanol–water partition coefficient (Wildman–Crippen LogP) is 3.87. The number of carbonyl (C=O) groups excluding carboxylic acids is 3. The van der Waals surface area contributed by atoms with Crippen LogP contribution < -0.4 is 10.6 Å². The van der Waals surface area contributed by atoms with Crippen molar-refractivity contribution in [3.63, 3.8) is 0 Å². The minimum atomic E-state index is -0.772. The quantitative estimate of drug-likeness (QED) is 0.605. The molecule has 146 valence electrons. The van der Waals surface area contributed by atoms with E-state index in [2.05, 4.69) is 10.6 Å². The Balaban J connectivity index is 1.79. The summed E-state index contributed by atoms with van der Waals surface area (Å²) >= 11 is 0. The van der Waals surface area contributed by atoms with E-state index in [-0.39, 0.29) is 17.6 Å². The zero-order valence-corrected chi connectivity index (χ0v) is 16.1. The zero-order chi connectivity index (χ0) is 20.6. The first-order valence-electron chi connectivity index (χ1n) is 9.34. The Morgan fingerprint density at radius 2 is 1.41 bits per heavy atom. The summed E-state index contributed by atoms with van der Waals surface area (Å²) in [4.78, 5) is 37.2. The van der Waals surface area contributed by atoms with Crippen LogP contribution in [-0.4, -0.2) is 23.6 Å². The van der Waals surface area contributed by atoms with E-state index in [1.807, 2.05) is 36.4 Å². The summed E-state index contributed by atoms with van der Waals surface area (Å²) in [6, 6.07) is 24.2. The van der Waals surface area contributed by atoms with Gasteiger partial charge in [0.25, 0.3) is 5.91 Å². The van der Waals surface area contributed by atoms with Gasteiger partial charge in [0, 0.05) is 23.2 Å². The molecule has 0 aromatic heterocycles. The van der Waals surface area contributed by atoms with Crippen molar-refractivity contribution in [1.82, 2.24) is 5.32 Å². The van der Waals surface area contributed by atoms with E-state index in [4.69, 9.17) is 0 Å². The van der Waals surface area contributed by atoms with Gasteiger partial charge in [0.15, 0.2) is 5.78 Å². The first-order chi connectivity index (χ1) is 14.0. The zero-order valence-electron chi connectivity index (χ0n) is 16.1. The van der Waals surface area contributed by atoms with Gasteiger partial charge in [0.2, 0.25) is 5.91 Å². The average Bonchev–Trinajstić information content (AvgIpc) is 2.74. The van der Waals surface area contributed by atoms with Crippen LogP contribution in [0.25, 0.3) is 0 Å². The molecule has 3 rings (SSSR count). The summed E-state index contributed by atoms with van der Waals surface area (Å²) in [5, 5.41) is 5.63. The molecule has 0 aliphatic carbocycles. The molecule has 29 heavy (non-hydrogen) atoms. The third-order valence-electron chi connectivity index (χ3n) is 4.48. The topological polar surface area (TPSA) is 75.3 Å². The molecule has 0 saturated heterocycles. The molecule has 3 aromatic rings. The molecule has 5 nitrogen and oxygen atoms in total. The van der Waals surface area contributed by atoms with Gasteiger partial charge in [-0.05, 0) is 36.8 Å². The molecule has 2 N–H and O–H groups in total. The number of Topliss-reactive ketones (excluding diaryl/α,β-unsaturated/α-hetero) is 1. The van der Waals surface area contributed by atoms with E-state index >= 15 is 0 Å².